The molecule has 0 N–H and O–H groups in total. The number of hydrogen-bond acceptors (Lipinski definition) is 3. The van der Waals surface area contributed by atoms with E-state index in [4.69, 9.17) is 0 Å². The van der Waals surface area contributed by atoms with E-state index >= 15 is 0 Å². The summed E-state index contributed by atoms with van der Waals surface area (Å²) in [6.07, 6.45) is 5.27. The lowest BCUT2D eigenvalue weighted by Gasteiger charge is -2.04. The summed E-state index contributed by atoms with van der Waals surface area (Å²) in [4.78, 5) is 11.0. The first-order chi connectivity index (χ1) is 8.88. The molecule has 0 bridgehead atoms. The Morgan fingerprint density at radius 1 is 1.00 bits per heavy atom. The number of benzene rings is 1. The molecule has 0 heterocycles. The van der Waals surface area contributed by atoms with Gasteiger partial charge in [-0.05, 0) is 58.4 Å². The Labute approximate surface area is 127 Å². The molecule has 0 unspecified atom stereocenters. The van der Waals surface area contributed by atoms with Gasteiger partial charge in [-0.2, -0.15) is 12.8 Å². The quantitative estimate of drug-likeness (QED) is 0.711. The molecule has 2 rings (SSSR count). The van der Waals surface area contributed by atoms with Crippen molar-refractivity contribution in [2.24, 2.45) is 4.40 Å². The van der Waals surface area contributed by atoms with Gasteiger partial charge in [-0.25, -0.2) is 0 Å². The van der Waals surface area contributed by atoms with Crippen molar-refractivity contribution in [3.8, 4) is 0 Å². The van der Waals surface area contributed by atoms with Gasteiger partial charge >= 0.3 is 0 Å². The van der Waals surface area contributed by atoms with Crippen LogP contribution in [0.4, 0.5) is 0 Å². The molecule has 1 aliphatic rings. The van der Waals surface area contributed by atoms with Gasteiger partial charge in [0.25, 0.3) is 10.0 Å². The number of hydrogen-bond donors (Lipinski definition) is 0. The van der Waals surface area contributed by atoms with Gasteiger partial charge in [0.15, 0.2) is 5.78 Å². The molecule has 1 aromatic carbocycles. The van der Waals surface area contributed by atoms with E-state index in [9.17, 15) is 13.2 Å². The van der Waals surface area contributed by atoms with Crippen LogP contribution in [-0.2, 0) is 14.8 Å². The predicted octanol–water partition coefficient (Wildman–Crippen LogP) is 3.04. The van der Waals surface area contributed by atoms with Gasteiger partial charge < -0.3 is 0 Å². The Kier molecular flexibility index (Phi) is 4.17. The van der Waals surface area contributed by atoms with Gasteiger partial charge in [-0.3, -0.25) is 4.79 Å². The maximum Gasteiger partial charge on any atom is 0.284 e. The summed E-state index contributed by atoms with van der Waals surface area (Å²) < 4.78 is 29.1. The third-order valence-corrected chi connectivity index (χ3v) is 5.03. The van der Waals surface area contributed by atoms with Gasteiger partial charge in [-0.15, -0.1) is 0 Å². The first-order valence-corrected chi connectivity index (χ1v) is 8.11. The lowest BCUT2D eigenvalue weighted by Crippen LogP contribution is -2.05. The summed E-state index contributed by atoms with van der Waals surface area (Å²) in [6, 6.07) is 4.80. The zero-order chi connectivity index (χ0) is 14.0. The second-order valence-electron chi connectivity index (χ2n) is 3.63. The van der Waals surface area contributed by atoms with Crippen LogP contribution in [-0.4, -0.2) is 19.9 Å². The minimum Gasteiger partial charge on any atom is -0.290 e. The first kappa shape index (κ1) is 14.4. The van der Waals surface area contributed by atoms with Crippen LogP contribution in [0, 0.1) is 0 Å². The SMILES string of the molecule is O=C1C=CC(=NS(=O)(=O)c2cc(Br)ccc2Br)C=C1. The number of nitrogens with zero attached hydrogens (tertiary/aromatic N) is 1. The number of ketones is 1. The molecule has 0 aliphatic heterocycles. The number of halogens is 2. The molecule has 7 heteroatoms. The molecule has 4 nitrogen and oxygen atoms in total. The van der Waals surface area contributed by atoms with Crippen LogP contribution in [0.25, 0.3) is 0 Å². The maximum absolute atomic E-state index is 12.2. The Morgan fingerprint density at radius 3 is 2.26 bits per heavy atom. The Morgan fingerprint density at radius 2 is 1.63 bits per heavy atom. The van der Waals surface area contributed by atoms with Crippen molar-refractivity contribution in [2.45, 2.75) is 4.90 Å². The third kappa shape index (κ3) is 3.49. The largest absolute Gasteiger partial charge is 0.290 e. The summed E-state index contributed by atoms with van der Waals surface area (Å²) in [5, 5.41) is 0. The van der Waals surface area contributed by atoms with E-state index in [2.05, 4.69) is 36.3 Å². The number of rotatable bonds is 2. The molecule has 0 aromatic heterocycles. The standard InChI is InChI=1S/C12H7Br2NO3S/c13-8-1-6-11(14)12(7-8)19(17,18)15-9-2-4-10(16)5-3-9/h1-7H. The van der Waals surface area contributed by atoms with Crippen molar-refractivity contribution < 1.29 is 13.2 Å². The fourth-order valence-electron chi connectivity index (χ4n) is 1.37. The number of carbonyl (C=O) groups excluding carboxylic acids is 1. The van der Waals surface area contributed by atoms with Crippen molar-refractivity contribution in [3.63, 3.8) is 0 Å². The minimum atomic E-state index is -3.83. The highest BCUT2D eigenvalue weighted by atomic mass is 79.9. The first-order valence-electron chi connectivity index (χ1n) is 5.09. The van der Waals surface area contributed by atoms with E-state index in [0.29, 0.717) is 8.95 Å². The molecule has 0 atom stereocenters. The summed E-state index contributed by atoms with van der Waals surface area (Å²) in [7, 11) is -3.83. The van der Waals surface area contributed by atoms with Crippen LogP contribution < -0.4 is 0 Å². The van der Waals surface area contributed by atoms with Crippen molar-refractivity contribution in [1.82, 2.24) is 0 Å². The van der Waals surface area contributed by atoms with Crippen molar-refractivity contribution in [3.05, 3.63) is 51.4 Å². The van der Waals surface area contributed by atoms with Crippen LogP contribution in [0.5, 0.6) is 0 Å². The van der Waals surface area contributed by atoms with Crippen molar-refractivity contribution >= 4 is 53.4 Å². The Balaban J connectivity index is 2.47. The molecule has 0 radical (unpaired) electrons. The van der Waals surface area contributed by atoms with E-state index < -0.39 is 10.0 Å². The fraction of sp³-hybridized carbons (Fsp3) is 0. The molecule has 0 fully saturated rings. The smallest absolute Gasteiger partial charge is 0.284 e. The van der Waals surface area contributed by atoms with E-state index in [1.54, 1.807) is 12.1 Å². The predicted molar refractivity (Wildman–Crippen MR) is 79.7 cm³/mol. The zero-order valence-electron chi connectivity index (χ0n) is 9.38. The maximum atomic E-state index is 12.2. The number of allylic oxidation sites excluding steroid dienone is 4. The zero-order valence-corrected chi connectivity index (χ0v) is 13.4. The van der Waals surface area contributed by atoms with Crippen LogP contribution in [0.3, 0.4) is 0 Å². The van der Waals surface area contributed by atoms with Gasteiger partial charge in [0, 0.05) is 8.95 Å². The Bertz CT molecular complexity index is 715. The summed E-state index contributed by atoms with van der Waals surface area (Å²) in [5.41, 5.74) is 0.214. The van der Waals surface area contributed by atoms with E-state index in [1.165, 1.54) is 30.4 Å². The summed E-state index contributed by atoms with van der Waals surface area (Å²) >= 11 is 6.40. The normalized spacial score (nSPS) is 14.8. The number of carbonyl (C=O) groups is 1. The van der Waals surface area contributed by atoms with Crippen LogP contribution in [0.2, 0.25) is 0 Å². The molecule has 1 aliphatic carbocycles. The highest BCUT2D eigenvalue weighted by Crippen LogP contribution is 2.27. The van der Waals surface area contributed by atoms with Crippen LogP contribution in [0.1, 0.15) is 0 Å². The van der Waals surface area contributed by atoms with Gasteiger partial charge in [0.05, 0.1) is 5.71 Å². The molecular formula is C12H7Br2NO3S. The summed E-state index contributed by atoms with van der Waals surface area (Å²) in [5.74, 6) is -0.194. The third-order valence-electron chi connectivity index (χ3n) is 2.23. The van der Waals surface area contributed by atoms with Gasteiger partial charge in [0.1, 0.15) is 4.90 Å². The molecule has 98 valence electrons. The van der Waals surface area contributed by atoms with Crippen molar-refractivity contribution in [2.75, 3.05) is 0 Å². The van der Waals surface area contributed by atoms with E-state index in [0.717, 1.165) is 0 Å². The van der Waals surface area contributed by atoms with Gasteiger partial charge in [0.2, 0.25) is 0 Å². The molecule has 0 amide bonds. The molecule has 0 spiro atoms. The molecule has 0 saturated heterocycles. The molecule has 19 heavy (non-hydrogen) atoms. The monoisotopic (exact) mass is 403 g/mol. The fourth-order valence-corrected chi connectivity index (χ4v) is 3.83. The lowest BCUT2D eigenvalue weighted by molar-refractivity contribution is -0.110. The second kappa shape index (κ2) is 5.52. The average Bonchev–Trinajstić information content (AvgIpc) is 2.35. The lowest BCUT2D eigenvalue weighted by atomic mass is 10.2. The summed E-state index contributed by atoms with van der Waals surface area (Å²) in [6.45, 7) is 0. The molecule has 0 saturated carbocycles. The van der Waals surface area contributed by atoms with E-state index in [-0.39, 0.29) is 16.4 Å². The molecular weight excluding hydrogens is 398 g/mol. The van der Waals surface area contributed by atoms with Crippen molar-refractivity contribution in [1.29, 1.82) is 0 Å². The van der Waals surface area contributed by atoms with Crippen LogP contribution >= 0.6 is 31.9 Å². The topological polar surface area (TPSA) is 63.6 Å². The van der Waals surface area contributed by atoms with Gasteiger partial charge in [-0.1, -0.05) is 15.9 Å². The minimum absolute atomic E-state index is 0.0630. The Hall–Kier alpha value is -1.05. The van der Waals surface area contributed by atoms with E-state index in [1.807, 2.05) is 0 Å². The highest BCUT2D eigenvalue weighted by molar-refractivity contribution is 9.11. The highest BCUT2D eigenvalue weighted by Gasteiger charge is 2.18. The second-order valence-corrected chi connectivity index (χ2v) is 6.98. The van der Waals surface area contributed by atoms with Crippen LogP contribution in [0.15, 0.2) is 60.7 Å². The number of sulfonamides is 1. The average molecular weight is 405 g/mol. The molecule has 1 aromatic rings.